The number of likely N-dealkylation sites (tertiary alicyclic amines) is 1. The fourth-order valence-corrected chi connectivity index (χ4v) is 5.30. The standard InChI is InChI=1S/C20H30N4O5/c1-29-11-16(25)23-8-7-14-17(23)20(28)24-10-13(9-15(24)19(27)22-14)21-18(26)12-5-3-2-4-6-12/h12-15,17H,2-11H2,1H3,(H,21,26)(H,22,27)/t13-,14-,15+,17-/m0/s1. The van der Waals surface area contributed by atoms with Crippen LogP contribution in [-0.2, 0) is 23.9 Å². The Balaban J connectivity index is 1.45. The van der Waals surface area contributed by atoms with Gasteiger partial charge in [0.2, 0.25) is 23.6 Å². The van der Waals surface area contributed by atoms with Crippen LogP contribution in [-0.4, -0.2) is 84.4 Å². The molecule has 3 saturated heterocycles. The van der Waals surface area contributed by atoms with Crippen molar-refractivity contribution in [3.05, 3.63) is 0 Å². The second-order valence-corrected chi connectivity index (χ2v) is 8.65. The first-order chi connectivity index (χ1) is 14.0. The lowest BCUT2D eigenvalue weighted by Gasteiger charge is -2.29. The Hall–Kier alpha value is -2.16. The third kappa shape index (κ3) is 3.84. The monoisotopic (exact) mass is 406 g/mol. The highest BCUT2D eigenvalue weighted by atomic mass is 16.5. The molecular weight excluding hydrogens is 376 g/mol. The number of carbonyl (C=O) groups excluding carboxylic acids is 4. The van der Waals surface area contributed by atoms with Gasteiger partial charge in [0.05, 0.1) is 6.04 Å². The fourth-order valence-electron chi connectivity index (χ4n) is 5.30. The summed E-state index contributed by atoms with van der Waals surface area (Å²) in [7, 11) is 1.44. The molecule has 0 unspecified atom stereocenters. The van der Waals surface area contributed by atoms with Crippen molar-refractivity contribution < 1.29 is 23.9 Å². The van der Waals surface area contributed by atoms with Gasteiger partial charge in [-0.3, -0.25) is 19.2 Å². The van der Waals surface area contributed by atoms with Crippen LogP contribution in [0.5, 0.6) is 0 Å². The van der Waals surface area contributed by atoms with Crippen LogP contribution in [0.3, 0.4) is 0 Å². The van der Waals surface area contributed by atoms with Gasteiger partial charge in [0.25, 0.3) is 0 Å². The molecule has 4 fully saturated rings. The number of nitrogens with one attached hydrogen (secondary N) is 2. The van der Waals surface area contributed by atoms with Crippen molar-refractivity contribution in [2.75, 3.05) is 26.8 Å². The predicted molar refractivity (Wildman–Crippen MR) is 103 cm³/mol. The summed E-state index contributed by atoms with van der Waals surface area (Å²) in [5, 5.41) is 6.03. The van der Waals surface area contributed by atoms with Crippen molar-refractivity contribution in [3.8, 4) is 0 Å². The van der Waals surface area contributed by atoms with E-state index >= 15 is 0 Å². The quantitative estimate of drug-likeness (QED) is 0.648. The van der Waals surface area contributed by atoms with E-state index in [1.165, 1.54) is 18.4 Å². The van der Waals surface area contributed by atoms with E-state index in [1.54, 1.807) is 4.90 Å². The summed E-state index contributed by atoms with van der Waals surface area (Å²) in [5.41, 5.74) is 0. The maximum absolute atomic E-state index is 13.3. The fraction of sp³-hybridized carbons (Fsp3) is 0.800. The van der Waals surface area contributed by atoms with Gasteiger partial charge in [0, 0.05) is 32.2 Å². The summed E-state index contributed by atoms with van der Waals surface area (Å²) in [4.78, 5) is 54.1. The molecule has 3 aliphatic heterocycles. The van der Waals surface area contributed by atoms with Crippen LogP contribution < -0.4 is 10.6 Å². The second-order valence-electron chi connectivity index (χ2n) is 8.65. The summed E-state index contributed by atoms with van der Waals surface area (Å²) in [6.45, 7) is 0.642. The molecule has 29 heavy (non-hydrogen) atoms. The van der Waals surface area contributed by atoms with Crippen molar-refractivity contribution >= 4 is 23.6 Å². The topological polar surface area (TPSA) is 108 Å². The molecule has 0 aromatic rings. The van der Waals surface area contributed by atoms with Gasteiger partial charge in [-0.2, -0.15) is 0 Å². The highest BCUT2D eigenvalue weighted by Crippen LogP contribution is 2.30. The number of fused-ring (bicyclic) bond motifs is 2. The number of ether oxygens (including phenoxy) is 1. The number of carbonyl (C=O) groups is 4. The van der Waals surface area contributed by atoms with Crippen molar-refractivity contribution in [1.29, 1.82) is 0 Å². The Morgan fingerprint density at radius 2 is 1.93 bits per heavy atom. The predicted octanol–water partition coefficient (Wildman–Crippen LogP) is -0.602. The Labute approximate surface area is 170 Å². The molecule has 2 N–H and O–H groups in total. The van der Waals surface area contributed by atoms with Crippen LogP contribution in [0.25, 0.3) is 0 Å². The van der Waals surface area contributed by atoms with Gasteiger partial charge >= 0.3 is 0 Å². The first-order valence-corrected chi connectivity index (χ1v) is 10.7. The lowest BCUT2D eigenvalue weighted by molar-refractivity contribution is -0.146. The molecule has 1 saturated carbocycles. The van der Waals surface area contributed by atoms with E-state index in [0.717, 1.165) is 25.7 Å². The summed E-state index contributed by atoms with van der Waals surface area (Å²) < 4.78 is 4.94. The average Bonchev–Trinajstić information content (AvgIpc) is 3.31. The largest absolute Gasteiger partial charge is 0.375 e. The minimum atomic E-state index is -0.695. The molecule has 1 aliphatic carbocycles. The maximum Gasteiger partial charge on any atom is 0.249 e. The van der Waals surface area contributed by atoms with Gasteiger partial charge in [0.15, 0.2) is 0 Å². The summed E-state index contributed by atoms with van der Waals surface area (Å²) in [6, 6.07) is -1.88. The third-order valence-corrected chi connectivity index (χ3v) is 6.78. The van der Waals surface area contributed by atoms with Crippen LogP contribution >= 0.6 is 0 Å². The minimum Gasteiger partial charge on any atom is -0.375 e. The van der Waals surface area contributed by atoms with Gasteiger partial charge in [-0.15, -0.1) is 0 Å². The van der Waals surface area contributed by atoms with E-state index < -0.39 is 12.1 Å². The van der Waals surface area contributed by atoms with Gasteiger partial charge in [-0.05, 0) is 25.7 Å². The number of nitrogens with zero attached hydrogens (tertiary/aromatic N) is 2. The number of hydrogen-bond donors (Lipinski definition) is 2. The Morgan fingerprint density at radius 1 is 1.17 bits per heavy atom. The maximum atomic E-state index is 13.3. The van der Waals surface area contributed by atoms with Crippen LogP contribution in [0, 0.1) is 5.92 Å². The van der Waals surface area contributed by atoms with Crippen molar-refractivity contribution in [1.82, 2.24) is 20.4 Å². The molecule has 4 rings (SSSR count). The van der Waals surface area contributed by atoms with Crippen molar-refractivity contribution in [2.45, 2.75) is 69.1 Å². The summed E-state index contributed by atoms with van der Waals surface area (Å²) >= 11 is 0. The highest BCUT2D eigenvalue weighted by Gasteiger charge is 2.52. The molecule has 0 spiro atoms. The molecular formula is C20H30N4O5. The molecule has 4 atom stereocenters. The second kappa shape index (κ2) is 8.30. The molecule has 160 valence electrons. The molecule has 4 amide bonds. The number of methoxy groups -OCH3 is 1. The SMILES string of the molecule is COCC(=O)N1CC[C@@H]2NC(=O)[C@H]3C[C@H](NC(=O)C4CCCCC4)CN3C(=O)[C@H]21. The number of amides is 4. The van der Waals surface area contributed by atoms with Crippen LogP contribution in [0.15, 0.2) is 0 Å². The van der Waals surface area contributed by atoms with E-state index in [0.29, 0.717) is 25.9 Å². The van der Waals surface area contributed by atoms with E-state index in [-0.39, 0.29) is 48.2 Å². The van der Waals surface area contributed by atoms with Crippen LogP contribution in [0.2, 0.25) is 0 Å². The highest BCUT2D eigenvalue weighted by molar-refractivity contribution is 5.96. The zero-order valence-corrected chi connectivity index (χ0v) is 16.9. The Morgan fingerprint density at radius 3 is 2.66 bits per heavy atom. The van der Waals surface area contributed by atoms with Gasteiger partial charge in [-0.1, -0.05) is 19.3 Å². The third-order valence-electron chi connectivity index (χ3n) is 6.78. The van der Waals surface area contributed by atoms with Gasteiger partial charge in [-0.25, -0.2) is 0 Å². The van der Waals surface area contributed by atoms with Crippen LogP contribution in [0.4, 0.5) is 0 Å². The molecule has 0 radical (unpaired) electrons. The van der Waals surface area contributed by atoms with Gasteiger partial charge in [0.1, 0.15) is 18.7 Å². The van der Waals surface area contributed by atoms with Gasteiger partial charge < -0.3 is 25.2 Å². The van der Waals surface area contributed by atoms with Crippen molar-refractivity contribution in [2.24, 2.45) is 5.92 Å². The number of rotatable bonds is 4. The van der Waals surface area contributed by atoms with Crippen molar-refractivity contribution in [3.63, 3.8) is 0 Å². The van der Waals surface area contributed by atoms with E-state index in [2.05, 4.69) is 10.6 Å². The Bertz CT molecular complexity index is 692. The average molecular weight is 406 g/mol. The minimum absolute atomic E-state index is 0.0371. The molecule has 0 aromatic carbocycles. The Kier molecular flexibility index (Phi) is 5.76. The lowest BCUT2D eigenvalue weighted by atomic mass is 9.88. The molecule has 0 bridgehead atoms. The first-order valence-electron chi connectivity index (χ1n) is 10.7. The summed E-state index contributed by atoms with van der Waals surface area (Å²) in [6.07, 6.45) is 6.12. The molecule has 9 heteroatoms. The molecule has 4 aliphatic rings. The first kappa shape index (κ1) is 20.1. The lowest BCUT2D eigenvalue weighted by Crippen LogP contribution is -2.53. The molecule has 0 aromatic heterocycles. The number of hydrogen-bond acceptors (Lipinski definition) is 5. The van der Waals surface area contributed by atoms with E-state index in [9.17, 15) is 19.2 Å². The smallest absolute Gasteiger partial charge is 0.249 e. The zero-order chi connectivity index (χ0) is 20.5. The zero-order valence-electron chi connectivity index (χ0n) is 16.9. The van der Waals surface area contributed by atoms with Crippen LogP contribution in [0.1, 0.15) is 44.9 Å². The molecule has 9 nitrogen and oxygen atoms in total. The summed E-state index contributed by atoms with van der Waals surface area (Å²) in [5.74, 6) is -0.579. The normalized spacial score (nSPS) is 32.4. The van der Waals surface area contributed by atoms with E-state index in [1.807, 2.05) is 0 Å². The molecule has 3 heterocycles. The van der Waals surface area contributed by atoms with E-state index in [4.69, 9.17) is 4.74 Å².